The number of rotatable bonds is 3. The van der Waals surface area contributed by atoms with Crippen molar-refractivity contribution >= 4 is 0 Å². The van der Waals surface area contributed by atoms with Crippen molar-refractivity contribution in [1.29, 1.82) is 0 Å². The van der Waals surface area contributed by atoms with Gasteiger partial charge in [0, 0.05) is 0 Å². The summed E-state index contributed by atoms with van der Waals surface area (Å²) in [7, 11) is 3.70. The van der Waals surface area contributed by atoms with Gasteiger partial charge in [-0.2, -0.15) is 0 Å². The fraction of sp³-hybridized carbons (Fsp3) is 0.538. The van der Waals surface area contributed by atoms with E-state index >= 15 is 0 Å². The van der Waals surface area contributed by atoms with Crippen molar-refractivity contribution in [2.45, 2.75) is 19.4 Å². The SMILES string of the molecule is CNC1(c2cc(C)c(OC)cc2C)COC1. The summed E-state index contributed by atoms with van der Waals surface area (Å²) in [5.41, 5.74) is 3.74. The quantitative estimate of drug-likeness (QED) is 0.843. The summed E-state index contributed by atoms with van der Waals surface area (Å²) in [5, 5.41) is 3.37. The number of nitrogens with one attached hydrogen (secondary N) is 1. The molecule has 1 aliphatic rings. The highest BCUT2D eigenvalue weighted by atomic mass is 16.5. The van der Waals surface area contributed by atoms with E-state index in [2.05, 4.69) is 31.3 Å². The molecule has 1 saturated heterocycles. The summed E-state index contributed by atoms with van der Waals surface area (Å²) in [6.45, 7) is 5.69. The number of aryl methyl sites for hydroxylation is 2. The van der Waals surface area contributed by atoms with Crippen LogP contribution in [0.25, 0.3) is 0 Å². The Hall–Kier alpha value is -1.06. The number of ether oxygens (including phenoxy) is 2. The van der Waals surface area contributed by atoms with Gasteiger partial charge in [-0.1, -0.05) is 6.07 Å². The van der Waals surface area contributed by atoms with Crippen LogP contribution in [-0.2, 0) is 10.3 Å². The number of hydrogen-bond acceptors (Lipinski definition) is 3. The standard InChI is InChI=1S/C13H19NO2/c1-9-6-12(15-4)10(2)5-11(9)13(14-3)7-16-8-13/h5-6,14H,7-8H2,1-4H3. The van der Waals surface area contributed by atoms with Gasteiger partial charge >= 0.3 is 0 Å². The second-order valence-corrected chi connectivity index (χ2v) is 4.46. The van der Waals surface area contributed by atoms with Crippen molar-refractivity contribution in [2.24, 2.45) is 0 Å². The van der Waals surface area contributed by atoms with E-state index in [-0.39, 0.29) is 5.54 Å². The number of benzene rings is 1. The first kappa shape index (κ1) is 11.4. The monoisotopic (exact) mass is 221 g/mol. The third-order valence-electron chi connectivity index (χ3n) is 3.43. The Bertz CT molecular complexity index is 392. The zero-order chi connectivity index (χ0) is 11.8. The Balaban J connectivity index is 2.45. The lowest BCUT2D eigenvalue weighted by Gasteiger charge is -2.42. The molecule has 0 radical (unpaired) electrons. The van der Waals surface area contributed by atoms with Gasteiger partial charge in [0.2, 0.25) is 0 Å². The van der Waals surface area contributed by atoms with Crippen LogP contribution in [0.5, 0.6) is 5.75 Å². The Morgan fingerprint density at radius 2 is 1.94 bits per heavy atom. The van der Waals surface area contributed by atoms with Crippen LogP contribution >= 0.6 is 0 Å². The highest BCUT2D eigenvalue weighted by Crippen LogP contribution is 2.34. The molecule has 1 heterocycles. The molecule has 0 aliphatic carbocycles. The summed E-state index contributed by atoms with van der Waals surface area (Å²) in [4.78, 5) is 0. The molecule has 1 N–H and O–H groups in total. The van der Waals surface area contributed by atoms with E-state index in [9.17, 15) is 0 Å². The lowest BCUT2D eigenvalue weighted by Crippen LogP contribution is -2.56. The maximum Gasteiger partial charge on any atom is 0.122 e. The van der Waals surface area contributed by atoms with E-state index in [0.717, 1.165) is 19.0 Å². The average molecular weight is 221 g/mol. The van der Waals surface area contributed by atoms with Crippen molar-refractivity contribution in [3.05, 3.63) is 28.8 Å². The molecule has 88 valence electrons. The third kappa shape index (κ3) is 1.60. The maximum atomic E-state index is 5.34. The molecule has 0 saturated carbocycles. The van der Waals surface area contributed by atoms with E-state index in [4.69, 9.17) is 9.47 Å². The topological polar surface area (TPSA) is 30.5 Å². The minimum absolute atomic E-state index is 0.00111. The summed E-state index contributed by atoms with van der Waals surface area (Å²) in [5.74, 6) is 0.952. The van der Waals surface area contributed by atoms with Crippen molar-refractivity contribution in [3.8, 4) is 5.75 Å². The number of likely N-dealkylation sites (N-methyl/N-ethyl adjacent to an activating group) is 1. The Kier molecular flexibility index (Phi) is 2.91. The zero-order valence-electron chi connectivity index (χ0n) is 10.4. The molecule has 2 rings (SSSR count). The van der Waals surface area contributed by atoms with Gasteiger partial charge in [-0.25, -0.2) is 0 Å². The zero-order valence-corrected chi connectivity index (χ0v) is 10.4. The largest absolute Gasteiger partial charge is 0.496 e. The van der Waals surface area contributed by atoms with E-state index in [1.807, 2.05) is 7.05 Å². The first-order valence-corrected chi connectivity index (χ1v) is 5.55. The molecule has 0 bridgehead atoms. The van der Waals surface area contributed by atoms with E-state index in [0.29, 0.717) is 0 Å². The van der Waals surface area contributed by atoms with Crippen molar-refractivity contribution in [2.75, 3.05) is 27.4 Å². The van der Waals surface area contributed by atoms with Crippen LogP contribution in [0.15, 0.2) is 12.1 Å². The molecule has 1 fully saturated rings. The van der Waals surface area contributed by atoms with Gasteiger partial charge in [0.1, 0.15) is 5.75 Å². The van der Waals surface area contributed by atoms with E-state index in [1.54, 1.807) is 7.11 Å². The molecule has 0 atom stereocenters. The first-order valence-electron chi connectivity index (χ1n) is 5.55. The van der Waals surface area contributed by atoms with Crippen LogP contribution in [0.4, 0.5) is 0 Å². The summed E-state index contributed by atoms with van der Waals surface area (Å²) >= 11 is 0. The predicted octanol–water partition coefficient (Wildman–Crippen LogP) is 1.76. The van der Waals surface area contributed by atoms with Crippen LogP contribution in [0.3, 0.4) is 0 Å². The summed E-state index contributed by atoms with van der Waals surface area (Å²) in [6.07, 6.45) is 0. The Morgan fingerprint density at radius 1 is 1.25 bits per heavy atom. The van der Waals surface area contributed by atoms with Crippen LogP contribution in [0, 0.1) is 13.8 Å². The van der Waals surface area contributed by atoms with Gasteiger partial charge < -0.3 is 14.8 Å². The normalized spacial score (nSPS) is 18.0. The molecule has 0 spiro atoms. The van der Waals surface area contributed by atoms with Crippen LogP contribution in [-0.4, -0.2) is 27.4 Å². The van der Waals surface area contributed by atoms with E-state index in [1.165, 1.54) is 16.7 Å². The van der Waals surface area contributed by atoms with Gasteiger partial charge in [0.25, 0.3) is 0 Å². The van der Waals surface area contributed by atoms with Gasteiger partial charge in [0.05, 0.1) is 25.9 Å². The molecule has 1 aromatic rings. The third-order valence-corrected chi connectivity index (χ3v) is 3.43. The Morgan fingerprint density at radius 3 is 2.38 bits per heavy atom. The molecule has 1 aromatic carbocycles. The minimum Gasteiger partial charge on any atom is -0.496 e. The average Bonchev–Trinajstić information content (AvgIpc) is 2.22. The molecule has 0 amide bonds. The fourth-order valence-corrected chi connectivity index (χ4v) is 2.27. The second kappa shape index (κ2) is 4.07. The molecular formula is C13H19NO2. The highest BCUT2D eigenvalue weighted by Gasteiger charge is 2.40. The van der Waals surface area contributed by atoms with Crippen molar-refractivity contribution in [1.82, 2.24) is 5.32 Å². The molecule has 3 heteroatoms. The van der Waals surface area contributed by atoms with Crippen LogP contribution in [0.1, 0.15) is 16.7 Å². The number of hydrogen-bond donors (Lipinski definition) is 1. The molecule has 0 unspecified atom stereocenters. The minimum atomic E-state index is 0.00111. The molecule has 0 aromatic heterocycles. The molecular weight excluding hydrogens is 202 g/mol. The van der Waals surface area contributed by atoms with Crippen LogP contribution < -0.4 is 10.1 Å². The van der Waals surface area contributed by atoms with Gasteiger partial charge in [0.15, 0.2) is 0 Å². The fourth-order valence-electron chi connectivity index (χ4n) is 2.27. The van der Waals surface area contributed by atoms with Crippen molar-refractivity contribution < 1.29 is 9.47 Å². The lowest BCUT2D eigenvalue weighted by atomic mass is 9.84. The number of methoxy groups -OCH3 is 1. The van der Waals surface area contributed by atoms with Gasteiger partial charge in [-0.15, -0.1) is 0 Å². The first-order chi connectivity index (χ1) is 7.63. The highest BCUT2D eigenvalue weighted by molar-refractivity contribution is 5.45. The van der Waals surface area contributed by atoms with Gasteiger partial charge in [-0.05, 0) is 43.7 Å². The summed E-state index contributed by atoms with van der Waals surface area (Å²) < 4.78 is 10.7. The Labute approximate surface area is 96.8 Å². The van der Waals surface area contributed by atoms with Crippen molar-refractivity contribution in [3.63, 3.8) is 0 Å². The molecule has 3 nitrogen and oxygen atoms in total. The van der Waals surface area contributed by atoms with Gasteiger partial charge in [-0.3, -0.25) is 0 Å². The smallest absolute Gasteiger partial charge is 0.122 e. The maximum absolute atomic E-state index is 5.34. The summed E-state index contributed by atoms with van der Waals surface area (Å²) in [6, 6.07) is 4.30. The molecule has 16 heavy (non-hydrogen) atoms. The lowest BCUT2D eigenvalue weighted by molar-refractivity contribution is -0.0751. The molecule has 1 aliphatic heterocycles. The van der Waals surface area contributed by atoms with Crippen LogP contribution in [0.2, 0.25) is 0 Å². The van der Waals surface area contributed by atoms with E-state index < -0.39 is 0 Å². The predicted molar refractivity (Wildman–Crippen MR) is 64.0 cm³/mol. The second-order valence-electron chi connectivity index (χ2n) is 4.46.